The molecule has 1 aromatic heterocycles. The number of halogens is 1. The summed E-state index contributed by atoms with van der Waals surface area (Å²) < 4.78 is 5.14. The van der Waals surface area contributed by atoms with Crippen molar-refractivity contribution in [1.82, 2.24) is 4.90 Å². The zero-order valence-electron chi connectivity index (χ0n) is 17.2. The zero-order valence-corrected chi connectivity index (χ0v) is 19.5. The third-order valence-corrected chi connectivity index (χ3v) is 6.59. The van der Waals surface area contributed by atoms with Crippen molar-refractivity contribution >= 4 is 63.5 Å². The van der Waals surface area contributed by atoms with Crippen LogP contribution in [0.3, 0.4) is 0 Å². The van der Waals surface area contributed by atoms with Gasteiger partial charge in [-0.2, -0.15) is 0 Å². The molecule has 0 radical (unpaired) electrons. The van der Waals surface area contributed by atoms with Gasteiger partial charge >= 0.3 is 0 Å². The van der Waals surface area contributed by atoms with E-state index in [1.807, 2.05) is 22.4 Å². The van der Waals surface area contributed by atoms with Gasteiger partial charge in [-0.1, -0.05) is 17.7 Å². The van der Waals surface area contributed by atoms with Gasteiger partial charge in [0.2, 0.25) is 5.91 Å². The first-order chi connectivity index (χ1) is 15.5. The third-order valence-electron chi connectivity index (χ3n) is 5.06. The van der Waals surface area contributed by atoms with Gasteiger partial charge in [0.05, 0.1) is 25.8 Å². The van der Waals surface area contributed by atoms with Crippen LogP contribution < -0.4 is 15.0 Å². The lowest BCUT2D eigenvalue weighted by Gasteiger charge is -2.23. The van der Waals surface area contributed by atoms with Gasteiger partial charge in [0.25, 0.3) is 5.91 Å². The predicted molar refractivity (Wildman–Crippen MR) is 131 cm³/mol. The Morgan fingerprint density at radius 1 is 1.16 bits per heavy atom. The number of methoxy groups -OCH3 is 1. The zero-order chi connectivity index (χ0) is 22.7. The minimum absolute atomic E-state index is 0.0273. The molecular formula is C23H20ClN3O3S2. The fourth-order valence-electron chi connectivity index (χ4n) is 3.47. The number of benzene rings is 2. The van der Waals surface area contributed by atoms with Crippen LogP contribution in [-0.4, -0.2) is 35.0 Å². The highest BCUT2D eigenvalue weighted by Crippen LogP contribution is 2.30. The Hall–Kier alpha value is -2.94. The topological polar surface area (TPSA) is 61.9 Å². The standard InChI is InChI=1S/C23H20ClN3O3S2/c1-30-18-10-6-16(7-11-18)25-21(28)13-20-22(29)27(17-8-4-15(24)5-9-17)23(31)26(20)14-19-3-2-12-32-19/h2-12,20H,13-14H2,1H3,(H,25,28)/t20-/m0/s1. The molecule has 0 aliphatic carbocycles. The van der Waals surface area contributed by atoms with Crippen LogP contribution in [0.15, 0.2) is 66.0 Å². The lowest BCUT2D eigenvalue weighted by Crippen LogP contribution is -2.37. The molecule has 0 saturated carbocycles. The second-order valence-electron chi connectivity index (χ2n) is 7.14. The highest BCUT2D eigenvalue weighted by molar-refractivity contribution is 7.80. The molecule has 1 saturated heterocycles. The molecule has 3 aromatic rings. The molecule has 4 rings (SSSR count). The van der Waals surface area contributed by atoms with Gasteiger partial charge in [0.15, 0.2) is 5.11 Å². The smallest absolute Gasteiger partial charge is 0.256 e. The van der Waals surface area contributed by atoms with Crippen molar-refractivity contribution < 1.29 is 14.3 Å². The summed E-state index contributed by atoms with van der Waals surface area (Å²) in [7, 11) is 1.58. The maximum Gasteiger partial charge on any atom is 0.256 e. The number of amides is 2. The summed E-state index contributed by atoms with van der Waals surface area (Å²) in [6.45, 7) is 0.451. The number of thiocarbonyl (C=S) groups is 1. The van der Waals surface area contributed by atoms with E-state index >= 15 is 0 Å². The molecule has 0 unspecified atom stereocenters. The highest BCUT2D eigenvalue weighted by Gasteiger charge is 2.44. The second-order valence-corrected chi connectivity index (χ2v) is 8.97. The number of carbonyl (C=O) groups excluding carboxylic acids is 2. The number of hydrogen-bond donors (Lipinski definition) is 1. The first-order valence-electron chi connectivity index (χ1n) is 9.82. The van der Waals surface area contributed by atoms with E-state index in [2.05, 4.69) is 5.32 Å². The van der Waals surface area contributed by atoms with Crippen LogP contribution in [-0.2, 0) is 16.1 Å². The van der Waals surface area contributed by atoms with Crippen LogP contribution in [0.1, 0.15) is 11.3 Å². The van der Waals surface area contributed by atoms with Crippen molar-refractivity contribution in [3.05, 3.63) is 75.9 Å². The van der Waals surface area contributed by atoms with Gasteiger partial charge in [-0.15, -0.1) is 11.3 Å². The van der Waals surface area contributed by atoms with E-state index < -0.39 is 6.04 Å². The van der Waals surface area contributed by atoms with E-state index in [0.717, 1.165) is 4.88 Å². The number of anilines is 2. The minimum Gasteiger partial charge on any atom is -0.497 e. The Morgan fingerprint density at radius 3 is 2.50 bits per heavy atom. The van der Waals surface area contributed by atoms with Crippen LogP contribution in [0.4, 0.5) is 11.4 Å². The lowest BCUT2D eigenvalue weighted by atomic mass is 10.1. The fraction of sp³-hybridized carbons (Fsp3) is 0.174. The third kappa shape index (κ3) is 4.77. The fourth-order valence-corrected chi connectivity index (χ4v) is 4.69. The van der Waals surface area contributed by atoms with E-state index in [-0.39, 0.29) is 18.2 Å². The summed E-state index contributed by atoms with van der Waals surface area (Å²) in [6.07, 6.45) is -0.0273. The Kier molecular flexibility index (Phi) is 6.74. The normalized spacial score (nSPS) is 15.9. The SMILES string of the molecule is COc1ccc(NC(=O)C[C@H]2C(=O)N(c3ccc(Cl)cc3)C(=S)N2Cc2cccs2)cc1. The summed E-state index contributed by atoms with van der Waals surface area (Å²) in [5.41, 5.74) is 1.25. The van der Waals surface area contributed by atoms with Crippen LogP contribution >= 0.6 is 35.2 Å². The van der Waals surface area contributed by atoms with Gasteiger partial charge in [-0.3, -0.25) is 14.5 Å². The van der Waals surface area contributed by atoms with Gasteiger partial charge in [-0.25, -0.2) is 0 Å². The van der Waals surface area contributed by atoms with Crippen molar-refractivity contribution in [2.45, 2.75) is 19.0 Å². The summed E-state index contributed by atoms with van der Waals surface area (Å²) in [5, 5.41) is 5.75. The molecule has 0 spiro atoms. The van der Waals surface area contributed by atoms with Crippen LogP contribution in [0.25, 0.3) is 0 Å². The van der Waals surface area contributed by atoms with E-state index in [0.29, 0.717) is 33.8 Å². The number of nitrogens with one attached hydrogen (secondary N) is 1. The number of hydrogen-bond acceptors (Lipinski definition) is 5. The molecule has 32 heavy (non-hydrogen) atoms. The first-order valence-corrected chi connectivity index (χ1v) is 11.5. The summed E-state index contributed by atoms with van der Waals surface area (Å²) in [4.78, 5) is 30.5. The molecule has 6 nitrogen and oxygen atoms in total. The van der Waals surface area contributed by atoms with Crippen LogP contribution in [0.5, 0.6) is 5.75 Å². The molecule has 1 aliphatic rings. The average Bonchev–Trinajstić information content (AvgIpc) is 3.38. The number of carbonyl (C=O) groups is 2. The molecule has 9 heteroatoms. The molecule has 2 heterocycles. The molecule has 2 aromatic carbocycles. The maximum atomic E-state index is 13.4. The quantitative estimate of drug-likeness (QED) is 0.480. The number of rotatable bonds is 7. The molecule has 1 atom stereocenters. The van der Waals surface area contributed by atoms with E-state index in [1.165, 1.54) is 4.90 Å². The van der Waals surface area contributed by atoms with Gasteiger partial charge in [0, 0.05) is 15.6 Å². The molecular weight excluding hydrogens is 466 g/mol. The van der Waals surface area contributed by atoms with Crippen LogP contribution in [0.2, 0.25) is 5.02 Å². The van der Waals surface area contributed by atoms with Crippen molar-refractivity contribution in [3.63, 3.8) is 0 Å². The Balaban J connectivity index is 1.56. The van der Waals surface area contributed by atoms with Gasteiger partial charge < -0.3 is 15.0 Å². The van der Waals surface area contributed by atoms with Crippen molar-refractivity contribution in [2.75, 3.05) is 17.3 Å². The number of nitrogens with zero attached hydrogens (tertiary/aromatic N) is 2. The van der Waals surface area contributed by atoms with Gasteiger partial charge in [-0.05, 0) is 72.2 Å². The largest absolute Gasteiger partial charge is 0.497 e. The molecule has 1 aliphatic heterocycles. The monoisotopic (exact) mass is 485 g/mol. The summed E-state index contributed by atoms with van der Waals surface area (Å²) in [6, 6.07) is 17.2. The van der Waals surface area contributed by atoms with Crippen molar-refractivity contribution in [1.29, 1.82) is 0 Å². The second kappa shape index (κ2) is 9.68. The Bertz CT molecular complexity index is 1120. The number of thiophene rings is 1. The summed E-state index contributed by atoms with van der Waals surface area (Å²) >= 11 is 13.3. The van der Waals surface area contributed by atoms with E-state index in [9.17, 15) is 9.59 Å². The first kappa shape index (κ1) is 22.3. The predicted octanol–water partition coefficient (Wildman–Crippen LogP) is 4.94. The van der Waals surface area contributed by atoms with Crippen molar-refractivity contribution in [3.8, 4) is 5.75 Å². The Morgan fingerprint density at radius 2 is 1.88 bits per heavy atom. The maximum absolute atomic E-state index is 13.4. The van der Waals surface area contributed by atoms with Crippen LogP contribution in [0, 0.1) is 0 Å². The minimum atomic E-state index is -0.710. The molecule has 1 fully saturated rings. The van der Waals surface area contributed by atoms with E-state index in [4.69, 9.17) is 28.6 Å². The molecule has 0 bridgehead atoms. The highest BCUT2D eigenvalue weighted by atomic mass is 35.5. The number of ether oxygens (including phenoxy) is 1. The lowest BCUT2D eigenvalue weighted by molar-refractivity contribution is -0.124. The van der Waals surface area contributed by atoms with Crippen molar-refractivity contribution in [2.24, 2.45) is 0 Å². The molecule has 1 N–H and O–H groups in total. The molecule has 2 amide bonds. The molecule has 164 valence electrons. The summed E-state index contributed by atoms with van der Waals surface area (Å²) in [5.74, 6) is 0.184. The Labute approximate surface area is 200 Å². The van der Waals surface area contributed by atoms with E-state index in [1.54, 1.807) is 67.0 Å². The van der Waals surface area contributed by atoms with Gasteiger partial charge in [0.1, 0.15) is 11.8 Å². The average molecular weight is 486 g/mol.